The monoisotopic (exact) mass is 340 g/mol. The van der Waals surface area contributed by atoms with Gasteiger partial charge in [-0.05, 0) is 42.5 Å². The molecule has 0 atom stereocenters. The molecule has 2 aromatic rings. The number of halogens is 2. The number of hydrogen-bond acceptors (Lipinski definition) is 3. The van der Waals surface area contributed by atoms with Gasteiger partial charge < -0.3 is 10.6 Å². The number of carbonyl (C=O) groups excluding carboxylic acids is 1. The summed E-state index contributed by atoms with van der Waals surface area (Å²) in [5, 5.41) is 0.993. The van der Waals surface area contributed by atoms with Crippen molar-refractivity contribution in [3.05, 3.63) is 52.5 Å². The van der Waals surface area contributed by atoms with E-state index in [0.29, 0.717) is 21.5 Å². The molecule has 0 aliphatic heterocycles. The second-order valence-electron chi connectivity index (χ2n) is 4.41. The molecule has 21 heavy (non-hydrogen) atoms. The summed E-state index contributed by atoms with van der Waals surface area (Å²) in [6, 6.07) is 12.5. The van der Waals surface area contributed by atoms with Crippen molar-refractivity contribution in [1.29, 1.82) is 0 Å². The smallest absolute Gasteiger partial charge is 0.237 e. The number of nitrogens with zero attached hydrogens (tertiary/aromatic N) is 1. The second kappa shape index (κ2) is 7.07. The van der Waals surface area contributed by atoms with Crippen LogP contribution in [0.25, 0.3) is 0 Å². The molecule has 0 aliphatic carbocycles. The van der Waals surface area contributed by atoms with E-state index in [1.165, 1.54) is 11.8 Å². The first-order valence-electron chi connectivity index (χ1n) is 6.17. The van der Waals surface area contributed by atoms with Gasteiger partial charge in [0.2, 0.25) is 5.91 Å². The summed E-state index contributed by atoms with van der Waals surface area (Å²) >= 11 is 13.2. The average Bonchev–Trinajstić information content (AvgIpc) is 2.48. The summed E-state index contributed by atoms with van der Waals surface area (Å²) in [6.45, 7) is 0. The molecule has 0 unspecified atom stereocenters. The van der Waals surface area contributed by atoms with Crippen LogP contribution in [0.15, 0.2) is 47.4 Å². The second-order valence-corrected chi connectivity index (χ2v) is 6.27. The lowest BCUT2D eigenvalue weighted by molar-refractivity contribution is -0.115. The number of anilines is 2. The Morgan fingerprint density at radius 2 is 1.81 bits per heavy atom. The number of nitrogen functional groups attached to an aromatic ring is 1. The molecule has 2 N–H and O–H groups in total. The van der Waals surface area contributed by atoms with Crippen molar-refractivity contribution < 1.29 is 4.79 Å². The molecule has 0 aliphatic rings. The van der Waals surface area contributed by atoms with E-state index in [1.54, 1.807) is 36.2 Å². The van der Waals surface area contributed by atoms with E-state index in [1.807, 2.05) is 18.2 Å². The van der Waals surface area contributed by atoms with Crippen molar-refractivity contribution in [3.8, 4) is 0 Å². The van der Waals surface area contributed by atoms with Crippen LogP contribution in [-0.2, 0) is 4.79 Å². The van der Waals surface area contributed by atoms with Gasteiger partial charge in [-0.1, -0.05) is 23.2 Å². The predicted molar refractivity (Wildman–Crippen MR) is 91.5 cm³/mol. The Labute approximate surface area is 138 Å². The SMILES string of the molecule is CN(C(=O)CSc1ccc(Cl)c(Cl)c1)c1ccc(N)cc1. The number of hydrogen-bond donors (Lipinski definition) is 1. The molecule has 3 nitrogen and oxygen atoms in total. The predicted octanol–water partition coefficient (Wildman–Crippen LogP) is 4.33. The van der Waals surface area contributed by atoms with Gasteiger partial charge in [0.1, 0.15) is 0 Å². The Morgan fingerprint density at radius 1 is 1.14 bits per heavy atom. The summed E-state index contributed by atoms with van der Waals surface area (Å²) in [6.07, 6.45) is 0. The van der Waals surface area contributed by atoms with Crippen molar-refractivity contribution in [2.45, 2.75) is 4.90 Å². The Kier molecular flexibility index (Phi) is 5.39. The van der Waals surface area contributed by atoms with Crippen molar-refractivity contribution in [3.63, 3.8) is 0 Å². The largest absolute Gasteiger partial charge is 0.399 e. The maximum Gasteiger partial charge on any atom is 0.237 e. The topological polar surface area (TPSA) is 46.3 Å². The minimum Gasteiger partial charge on any atom is -0.399 e. The van der Waals surface area contributed by atoms with Crippen LogP contribution in [0.2, 0.25) is 10.0 Å². The standard InChI is InChI=1S/C15H14Cl2N2OS/c1-19(11-4-2-10(18)3-5-11)15(20)9-21-12-6-7-13(16)14(17)8-12/h2-8H,9,18H2,1H3. The number of benzene rings is 2. The summed E-state index contributed by atoms with van der Waals surface area (Å²) in [7, 11) is 1.74. The molecular weight excluding hydrogens is 327 g/mol. The van der Waals surface area contributed by atoms with Gasteiger partial charge in [-0.25, -0.2) is 0 Å². The zero-order chi connectivity index (χ0) is 15.4. The van der Waals surface area contributed by atoms with Gasteiger partial charge in [-0.2, -0.15) is 0 Å². The fourth-order valence-electron chi connectivity index (χ4n) is 1.65. The molecule has 0 bridgehead atoms. The molecule has 0 saturated heterocycles. The van der Waals surface area contributed by atoms with Crippen molar-refractivity contribution >= 4 is 52.2 Å². The van der Waals surface area contributed by atoms with Crippen molar-refractivity contribution in [2.75, 3.05) is 23.4 Å². The Balaban J connectivity index is 1.97. The lowest BCUT2D eigenvalue weighted by Gasteiger charge is -2.17. The van der Waals surface area contributed by atoms with E-state index < -0.39 is 0 Å². The number of amides is 1. The zero-order valence-corrected chi connectivity index (χ0v) is 13.7. The highest BCUT2D eigenvalue weighted by molar-refractivity contribution is 8.00. The van der Waals surface area contributed by atoms with E-state index >= 15 is 0 Å². The van der Waals surface area contributed by atoms with E-state index in [9.17, 15) is 4.79 Å². The number of carbonyl (C=O) groups is 1. The molecule has 0 aromatic heterocycles. The third-order valence-corrected chi connectivity index (χ3v) is 4.63. The fourth-order valence-corrected chi connectivity index (χ4v) is 2.86. The zero-order valence-electron chi connectivity index (χ0n) is 11.3. The van der Waals surface area contributed by atoms with Crippen LogP contribution in [0.3, 0.4) is 0 Å². The maximum atomic E-state index is 12.2. The Morgan fingerprint density at radius 3 is 2.43 bits per heavy atom. The van der Waals surface area contributed by atoms with Gasteiger partial charge >= 0.3 is 0 Å². The third-order valence-electron chi connectivity index (χ3n) is 2.91. The molecule has 6 heteroatoms. The van der Waals surface area contributed by atoms with Crippen LogP contribution in [-0.4, -0.2) is 18.7 Å². The normalized spacial score (nSPS) is 10.4. The van der Waals surface area contributed by atoms with Crippen LogP contribution in [0, 0.1) is 0 Å². The number of thioether (sulfide) groups is 1. The van der Waals surface area contributed by atoms with Gasteiger partial charge in [0.05, 0.1) is 15.8 Å². The summed E-state index contributed by atoms with van der Waals surface area (Å²) in [5.74, 6) is 0.314. The number of nitrogens with two attached hydrogens (primary N) is 1. The molecular formula is C15H14Cl2N2OS. The lowest BCUT2D eigenvalue weighted by Crippen LogP contribution is -2.27. The molecule has 2 rings (SSSR count). The van der Waals surface area contributed by atoms with Gasteiger partial charge in [0.25, 0.3) is 0 Å². The molecule has 0 heterocycles. The van der Waals surface area contributed by atoms with E-state index in [2.05, 4.69) is 0 Å². The molecule has 0 fully saturated rings. The molecule has 0 spiro atoms. The van der Waals surface area contributed by atoms with Crippen molar-refractivity contribution in [2.24, 2.45) is 0 Å². The summed E-state index contributed by atoms with van der Waals surface area (Å²) in [4.78, 5) is 14.7. The highest BCUT2D eigenvalue weighted by atomic mass is 35.5. The third kappa shape index (κ3) is 4.30. The minimum atomic E-state index is -0.00385. The van der Waals surface area contributed by atoms with Gasteiger partial charge in [-0.15, -0.1) is 11.8 Å². The fraction of sp³-hybridized carbons (Fsp3) is 0.133. The Hall–Kier alpha value is -1.36. The quantitative estimate of drug-likeness (QED) is 0.665. The van der Waals surface area contributed by atoms with Gasteiger partial charge in [0, 0.05) is 23.3 Å². The molecule has 2 aromatic carbocycles. The van der Waals surface area contributed by atoms with Crippen LogP contribution >= 0.6 is 35.0 Å². The molecule has 0 saturated carbocycles. The highest BCUT2D eigenvalue weighted by Gasteiger charge is 2.11. The maximum absolute atomic E-state index is 12.2. The first-order chi connectivity index (χ1) is 9.97. The first kappa shape index (κ1) is 16.0. The van der Waals surface area contributed by atoms with Gasteiger partial charge in [-0.3, -0.25) is 4.79 Å². The molecule has 0 radical (unpaired) electrons. The average molecular weight is 341 g/mol. The minimum absolute atomic E-state index is 0.00385. The van der Waals surface area contributed by atoms with Crippen LogP contribution in [0.1, 0.15) is 0 Å². The van der Waals surface area contributed by atoms with Crippen LogP contribution < -0.4 is 10.6 Å². The van der Waals surface area contributed by atoms with E-state index in [0.717, 1.165) is 10.6 Å². The summed E-state index contributed by atoms with van der Waals surface area (Å²) in [5.41, 5.74) is 7.11. The van der Waals surface area contributed by atoms with Crippen LogP contribution in [0.4, 0.5) is 11.4 Å². The molecule has 110 valence electrons. The Bertz CT molecular complexity index is 647. The lowest BCUT2D eigenvalue weighted by atomic mass is 10.2. The van der Waals surface area contributed by atoms with Crippen molar-refractivity contribution in [1.82, 2.24) is 0 Å². The van der Waals surface area contributed by atoms with Gasteiger partial charge in [0.15, 0.2) is 0 Å². The van der Waals surface area contributed by atoms with E-state index in [-0.39, 0.29) is 5.91 Å². The first-order valence-corrected chi connectivity index (χ1v) is 7.91. The highest BCUT2D eigenvalue weighted by Crippen LogP contribution is 2.28. The van der Waals surface area contributed by atoms with Crippen LogP contribution in [0.5, 0.6) is 0 Å². The van der Waals surface area contributed by atoms with E-state index in [4.69, 9.17) is 28.9 Å². The number of rotatable bonds is 4. The summed E-state index contributed by atoms with van der Waals surface area (Å²) < 4.78 is 0. The molecule has 1 amide bonds.